The quantitative estimate of drug-likeness (QED) is 0.663. The summed E-state index contributed by atoms with van der Waals surface area (Å²) in [5, 5.41) is 3.54. The molecule has 3 N–H and O–H groups in total. The summed E-state index contributed by atoms with van der Waals surface area (Å²) in [4.78, 5) is 0. The first kappa shape index (κ1) is 8.52. The van der Waals surface area contributed by atoms with Crippen LogP contribution in [0.2, 0.25) is 0 Å². The minimum Gasteiger partial charge on any atom is -0.326 e. The molecule has 0 aromatic heterocycles. The highest BCUT2D eigenvalue weighted by Crippen LogP contribution is 2.28. The Morgan fingerprint density at radius 3 is 2.25 bits per heavy atom. The molecule has 2 rings (SSSR count). The van der Waals surface area contributed by atoms with Crippen LogP contribution in [0.25, 0.3) is 0 Å². The van der Waals surface area contributed by atoms with E-state index in [1.807, 2.05) is 0 Å². The predicted octanol–water partition coefficient (Wildman–Crippen LogP) is 1.26. The van der Waals surface area contributed by atoms with Crippen molar-refractivity contribution in [1.82, 2.24) is 5.32 Å². The molecule has 0 heterocycles. The smallest absolute Gasteiger partial charge is 0.0194 e. The van der Waals surface area contributed by atoms with Gasteiger partial charge in [-0.1, -0.05) is 12.8 Å². The van der Waals surface area contributed by atoms with Crippen molar-refractivity contribution in [1.29, 1.82) is 0 Å². The highest BCUT2D eigenvalue weighted by molar-refractivity contribution is 4.84. The second-order valence-electron chi connectivity index (χ2n) is 4.39. The average Bonchev–Trinajstić information content (AvgIpc) is 1.79. The molecule has 0 bridgehead atoms. The number of hydrogen-bond donors (Lipinski definition) is 2. The lowest BCUT2D eigenvalue weighted by Crippen LogP contribution is -2.47. The molecule has 12 heavy (non-hydrogen) atoms. The molecule has 2 aliphatic carbocycles. The lowest BCUT2D eigenvalue weighted by molar-refractivity contribution is 0.238. The van der Waals surface area contributed by atoms with Crippen molar-refractivity contribution in [2.75, 3.05) is 6.54 Å². The first-order valence-corrected chi connectivity index (χ1v) is 5.35. The van der Waals surface area contributed by atoms with E-state index in [0.717, 1.165) is 18.5 Å². The van der Waals surface area contributed by atoms with Gasteiger partial charge in [-0.3, -0.25) is 0 Å². The van der Waals surface area contributed by atoms with Crippen molar-refractivity contribution in [2.45, 2.75) is 50.6 Å². The lowest BCUT2D eigenvalue weighted by atomic mass is 9.80. The highest BCUT2D eigenvalue weighted by Gasteiger charge is 2.25. The molecule has 1 unspecified atom stereocenters. The van der Waals surface area contributed by atoms with Gasteiger partial charge in [-0.05, 0) is 31.6 Å². The SMILES string of the molecule is NC(CNC1CCC1)C1CCC1. The summed E-state index contributed by atoms with van der Waals surface area (Å²) in [6.45, 7) is 1.05. The van der Waals surface area contributed by atoms with Crippen LogP contribution in [-0.4, -0.2) is 18.6 Å². The molecule has 2 fully saturated rings. The van der Waals surface area contributed by atoms with Gasteiger partial charge in [0.2, 0.25) is 0 Å². The van der Waals surface area contributed by atoms with Crippen molar-refractivity contribution in [2.24, 2.45) is 11.7 Å². The molecule has 2 aliphatic rings. The second-order valence-corrected chi connectivity index (χ2v) is 4.39. The molecule has 2 saturated carbocycles. The predicted molar refractivity (Wildman–Crippen MR) is 51.0 cm³/mol. The third kappa shape index (κ3) is 1.80. The Bertz CT molecular complexity index is 139. The molecule has 0 saturated heterocycles. The maximum atomic E-state index is 6.04. The number of nitrogens with one attached hydrogen (secondary N) is 1. The Hall–Kier alpha value is -0.0800. The summed E-state index contributed by atoms with van der Waals surface area (Å²) >= 11 is 0. The zero-order valence-corrected chi connectivity index (χ0v) is 7.76. The van der Waals surface area contributed by atoms with E-state index in [4.69, 9.17) is 5.73 Å². The third-order valence-electron chi connectivity index (χ3n) is 3.50. The van der Waals surface area contributed by atoms with Crippen LogP contribution in [0.3, 0.4) is 0 Å². The summed E-state index contributed by atoms with van der Waals surface area (Å²) in [7, 11) is 0. The maximum Gasteiger partial charge on any atom is 0.0194 e. The van der Waals surface area contributed by atoms with E-state index in [1.165, 1.54) is 38.5 Å². The Morgan fingerprint density at radius 1 is 1.17 bits per heavy atom. The van der Waals surface area contributed by atoms with E-state index in [0.29, 0.717) is 6.04 Å². The summed E-state index contributed by atoms with van der Waals surface area (Å²) in [5.41, 5.74) is 6.04. The average molecular weight is 168 g/mol. The van der Waals surface area contributed by atoms with Crippen LogP contribution < -0.4 is 11.1 Å². The van der Waals surface area contributed by atoms with E-state index in [9.17, 15) is 0 Å². The zero-order chi connectivity index (χ0) is 8.39. The lowest BCUT2D eigenvalue weighted by Gasteiger charge is -2.34. The third-order valence-corrected chi connectivity index (χ3v) is 3.50. The molecular formula is C10H20N2. The van der Waals surface area contributed by atoms with Gasteiger partial charge in [0.25, 0.3) is 0 Å². The van der Waals surface area contributed by atoms with E-state index >= 15 is 0 Å². The molecule has 2 nitrogen and oxygen atoms in total. The topological polar surface area (TPSA) is 38.0 Å². The van der Waals surface area contributed by atoms with Gasteiger partial charge in [-0.15, -0.1) is 0 Å². The number of hydrogen-bond acceptors (Lipinski definition) is 2. The van der Waals surface area contributed by atoms with Gasteiger partial charge in [0.15, 0.2) is 0 Å². The van der Waals surface area contributed by atoms with Crippen molar-refractivity contribution in [3.63, 3.8) is 0 Å². The van der Waals surface area contributed by atoms with Gasteiger partial charge in [0, 0.05) is 18.6 Å². The first-order chi connectivity index (χ1) is 5.86. The molecule has 0 aromatic rings. The van der Waals surface area contributed by atoms with Gasteiger partial charge in [0.1, 0.15) is 0 Å². The standard InChI is InChI=1S/C10H20N2/c11-10(8-3-1-4-8)7-12-9-5-2-6-9/h8-10,12H,1-7,11H2. The molecule has 0 spiro atoms. The summed E-state index contributed by atoms with van der Waals surface area (Å²) in [6.07, 6.45) is 8.30. The van der Waals surface area contributed by atoms with E-state index < -0.39 is 0 Å². The summed E-state index contributed by atoms with van der Waals surface area (Å²) in [6, 6.07) is 1.23. The van der Waals surface area contributed by atoms with Crippen LogP contribution >= 0.6 is 0 Å². The van der Waals surface area contributed by atoms with Gasteiger partial charge in [-0.25, -0.2) is 0 Å². The Morgan fingerprint density at radius 2 is 1.83 bits per heavy atom. The van der Waals surface area contributed by atoms with Crippen LogP contribution in [0, 0.1) is 5.92 Å². The monoisotopic (exact) mass is 168 g/mol. The number of rotatable bonds is 4. The van der Waals surface area contributed by atoms with Crippen LogP contribution in [-0.2, 0) is 0 Å². The van der Waals surface area contributed by atoms with Crippen molar-refractivity contribution in [3.8, 4) is 0 Å². The van der Waals surface area contributed by atoms with Gasteiger partial charge in [-0.2, -0.15) is 0 Å². The Kier molecular flexibility index (Phi) is 2.66. The van der Waals surface area contributed by atoms with Crippen LogP contribution in [0.4, 0.5) is 0 Å². The van der Waals surface area contributed by atoms with Gasteiger partial charge < -0.3 is 11.1 Å². The van der Waals surface area contributed by atoms with Crippen molar-refractivity contribution >= 4 is 0 Å². The minimum atomic E-state index is 0.430. The van der Waals surface area contributed by atoms with Gasteiger partial charge >= 0.3 is 0 Å². The molecule has 0 aromatic carbocycles. The number of nitrogens with two attached hydrogens (primary N) is 1. The van der Waals surface area contributed by atoms with E-state index in [2.05, 4.69) is 5.32 Å². The summed E-state index contributed by atoms with van der Waals surface area (Å²) < 4.78 is 0. The molecular weight excluding hydrogens is 148 g/mol. The molecule has 0 aliphatic heterocycles. The molecule has 70 valence electrons. The Labute approximate surface area is 74.9 Å². The maximum absolute atomic E-state index is 6.04. The normalized spacial score (nSPS) is 27.8. The van der Waals surface area contributed by atoms with Crippen molar-refractivity contribution < 1.29 is 0 Å². The Balaban J connectivity index is 1.58. The molecule has 0 amide bonds. The molecule has 2 heteroatoms. The van der Waals surface area contributed by atoms with Crippen LogP contribution in [0.1, 0.15) is 38.5 Å². The first-order valence-electron chi connectivity index (χ1n) is 5.35. The van der Waals surface area contributed by atoms with Crippen LogP contribution in [0.15, 0.2) is 0 Å². The fraction of sp³-hybridized carbons (Fsp3) is 1.00. The zero-order valence-electron chi connectivity index (χ0n) is 7.76. The van der Waals surface area contributed by atoms with E-state index in [-0.39, 0.29) is 0 Å². The fourth-order valence-electron chi connectivity index (χ4n) is 1.95. The fourth-order valence-corrected chi connectivity index (χ4v) is 1.95. The van der Waals surface area contributed by atoms with Crippen molar-refractivity contribution in [3.05, 3.63) is 0 Å². The van der Waals surface area contributed by atoms with Gasteiger partial charge in [0.05, 0.1) is 0 Å². The molecule has 0 radical (unpaired) electrons. The highest BCUT2D eigenvalue weighted by atomic mass is 15.0. The largest absolute Gasteiger partial charge is 0.326 e. The van der Waals surface area contributed by atoms with E-state index in [1.54, 1.807) is 0 Å². The summed E-state index contributed by atoms with van der Waals surface area (Å²) in [5.74, 6) is 0.831. The van der Waals surface area contributed by atoms with Crippen LogP contribution in [0.5, 0.6) is 0 Å². The minimum absolute atomic E-state index is 0.430. The second kappa shape index (κ2) is 3.75. The molecule has 1 atom stereocenters.